The highest BCUT2D eigenvalue weighted by Gasteiger charge is 2.63. The van der Waals surface area contributed by atoms with Crippen LogP contribution in [0.4, 0.5) is 0 Å². The van der Waals surface area contributed by atoms with E-state index in [2.05, 4.69) is 27.4 Å². The zero-order valence-electron chi connectivity index (χ0n) is 16.1. The SMILES string of the molecule is C=C(C)C1CC[C@H]2[C@@H]3CC[C@@H]4C[C@]5(CC[C@]4(C)[C@H]3CC[C@]12C)CO5. The van der Waals surface area contributed by atoms with Gasteiger partial charge in [-0.25, -0.2) is 0 Å². The van der Waals surface area contributed by atoms with E-state index in [0.717, 1.165) is 36.2 Å². The van der Waals surface area contributed by atoms with Gasteiger partial charge in [0.1, 0.15) is 0 Å². The molecule has 24 heavy (non-hydrogen) atoms. The first kappa shape index (κ1) is 15.9. The standard InChI is InChI=1S/C23H36O/c1-15(2)18-7-8-19-17-6-5-16-13-23(14-24-23)12-11-21(16,3)20(17)9-10-22(18,19)4/h16-20H,1,5-14H2,2-4H3/t16-,17+,18?,19+,20+,21+,22-,23-/m1/s1. The smallest absolute Gasteiger partial charge is 0.0919 e. The third-order valence-electron chi connectivity index (χ3n) is 9.95. The van der Waals surface area contributed by atoms with Gasteiger partial charge in [-0.15, -0.1) is 0 Å². The molecular weight excluding hydrogens is 292 g/mol. The Labute approximate surface area is 148 Å². The van der Waals surface area contributed by atoms with Crippen molar-refractivity contribution in [3.8, 4) is 0 Å². The Hall–Kier alpha value is -0.300. The zero-order chi connectivity index (χ0) is 16.7. The maximum atomic E-state index is 5.88. The van der Waals surface area contributed by atoms with E-state index >= 15 is 0 Å². The van der Waals surface area contributed by atoms with Crippen LogP contribution in [0.1, 0.15) is 78.6 Å². The van der Waals surface area contributed by atoms with Gasteiger partial charge in [-0.3, -0.25) is 0 Å². The molecule has 0 amide bonds. The molecule has 0 N–H and O–H groups in total. The first-order chi connectivity index (χ1) is 11.4. The van der Waals surface area contributed by atoms with Crippen LogP contribution in [-0.2, 0) is 4.74 Å². The van der Waals surface area contributed by atoms with E-state index in [0.29, 0.717) is 16.4 Å². The monoisotopic (exact) mass is 328 g/mol. The largest absolute Gasteiger partial charge is 0.370 e. The second kappa shape index (κ2) is 4.90. The summed E-state index contributed by atoms with van der Waals surface area (Å²) in [5.41, 5.74) is 2.98. The number of ether oxygens (including phenoxy) is 1. The lowest BCUT2D eigenvalue weighted by atomic mass is 9.44. The van der Waals surface area contributed by atoms with Crippen LogP contribution >= 0.6 is 0 Å². The fourth-order valence-corrected chi connectivity index (χ4v) is 8.48. The van der Waals surface area contributed by atoms with E-state index in [1.54, 1.807) is 0 Å². The number of rotatable bonds is 1. The molecule has 4 aliphatic carbocycles. The van der Waals surface area contributed by atoms with E-state index in [1.165, 1.54) is 63.4 Å². The molecule has 5 rings (SSSR count). The minimum atomic E-state index is 0.346. The van der Waals surface area contributed by atoms with Crippen molar-refractivity contribution in [1.82, 2.24) is 0 Å². The van der Waals surface area contributed by atoms with Gasteiger partial charge >= 0.3 is 0 Å². The molecule has 0 aromatic heterocycles. The molecule has 1 heteroatoms. The highest BCUT2D eigenvalue weighted by atomic mass is 16.6. The van der Waals surface area contributed by atoms with Crippen LogP contribution in [0.3, 0.4) is 0 Å². The first-order valence-corrected chi connectivity index (χ1v) is 10.7. The molecule has 1 heterocycles. The molecule has 1 aliphatic heterocycles. The number of hydrogen-bond acceptors (Lipinski definition) is 1. The highest BCUT2D eigenvalue weighted by Crippen LogP contribution is 2.69. The lowest BCUT2D eigenvalue weighted by molar-refractivity contribution is -0.118. The molecule has 5 fully saturated rings. The third-order valence-corrected chi connectivity index (χ3v) is 9.95. The molecule has 0 aromatic rings. The lowest BCUT2D eigenvalue weighted by Crippen LogP contribution is -2.54. The van der Waals surface area contributed by atoms with Crippen LogP contribution in [0.15, 0.2) is 12.2 Å². The molecule has 1 spiro atoms. The Balaban J connectivity index is 1.43. The normalized spacial score (nSPS) is 58.7. The Kier molecular flexibility index (Phi) is 3.25. The van der Waals surface area contributed by atoms with Crippen molar-refractivity contribution in [2.75, 3.05) is 6.61 Å². The first-order valence-electron chi connectivity index (χ1n) is 10.7. The molecule has 1 saturated heterocycles. The summed E-state index contributed by atoms with van der Waals surface area (Å²) in [6.45, 7) is 13.0. The van der Waals surface area contributed by atoms with Crippen molar-refractivity contribution in [2.24, 2.45) is 40.4 Å². The highest BCUT2D eigenvalue weighted by molar-refractivity contribution is 5.16. The number of fused-ring (bicyclic) bond motifs is 5. The van der Waals surface area contributed by atoms with E-state index in [-0.39, 0.29) is 0 Å². The van der Waals surface area contributed by atoms with Crippen molar-refractivity contribution < 1.29 is 4.74 Å². The predicted molar refractivity (Wildman–Crippen MR) is 98.7 cm³/mol. The molecule has 0 radical (unpaired) electrons. The van der Waals surface area contributed by atoms with Gasteiger partial charge in [0.15, 0.2) is 0 Å². The Bertz CT molecular complexity index is 560. The van der Waals surface area contributed by atoms with Gasteiger partial charge in [0, 0.05) is 0 Å². The molecular formula is C23H36O. The summed E-state index contributed by atoms with van der Waals surface area (Å²) in [6.07, 6.45) is 13.0. The van der Waals surface area contributed by atoms with Gasteiger partial charge in [0.05, 0.1) is 12.2 Å². The average Bonchev–Trinajstić information content (AvgIpc) is 3.19. The van der Waals surface area contributed by atoms with Gasteiger partial charge in [0.25, 0.3) is 0 Å². The third kappa shape index (κ3) is 1.97. The summed E-state index contributed by atoms with van der Waals surface area (Å²) in [7, 11) is 0. The fourth-order valence-electron chi connectivity index (χ4n) is 8.48. The Morgan fingerprint density at radius 3 is 2.38 bits per heavy atom. The lowest BCUT2D eigenvalue weighted by Gasteiger charge is -2.61. The maximum absolute atomic E-state index is 5.88. The molecule has 0 aromatic carbocycles. The number of hydrogen-bond donors (Lipinski definition) is 0. The van der Waals surface area contributed by atoms with Crippen molar-refractivity contribution >= 4 is 0 Å². The summed E-state index contributed by atoms with van der Waals surface area (Å²) in [5, 5.41) is 0. The van der Waals surface area contributed by atoms with Gasteiger partial charge in [-0.1, -0.05) is 26.0 Å². The summed E-state index contributed by atoms with van der Waals surface area (Å²) in [5.74, 6) is 4.71. The molecule has 4 saturated carbocycles. The van der Waals surface area contributed by atoms with Crippen molar-refractivity contribution in [1.29, 1.82) is 0 Å². The summed E-state index contributed by atoms with van der Waals surface area (Å²) in [6, 6.07) is 0. The van der Waals surface area contributed by atoms with E-state index in [4.69, 9.17) is 4.74 Å². The molecule has 8 atom stereocenters. The van der Waals surface area contributed by atoms with Crippen molar-refractivity contribution in [2.45, 2.75) is 84.2 Å². The Morgan fingerprint density at radius 1 is 0.917 bits per heavy atom. The number of epoxide rings is 1. The minimum absolute atomic E-state index is 0.346. The zero-order valence-corrected chi connectivity index (χ0v) is 16.1. The van der Waals surface area contributed by atoms with Gasteiger partial charge in [0.2, 0.25) is 0 Å². The summed E-state index contributed by atoms with van der Waals surface area (Å²) >= 11 is 0. The van der Waals surface area contributed by atoms with Gasteiger partial charge < -0.3 is 4.74 Å². The van der Waals surface area contributed by atoms with Crippen LogP contribution in [-0.4, -0.2) is 12.2 Å². The Morgan fingerprint density at radius 2 is 1.67 bits per heavy atom. The summed E-state index contributed by atoms with van der Waals surface area (Å²) in [4.78, 5) is 0. The van der Waals surface area contributed by atoms with Crippen LogP contribution in [0, 0.1) is 40.4 Å². The second-order valence-corrected chi connectivity index (χ2v) is 10.9. The quantitative estimate of drug-likeness (QED) is 0.425. The topological polar surface area (TPSA) is 12.5 Å². The van der Waals surface area contributed by atoms with Crippen LogP contribution < -0.4 is 0 Å². The van der Waals surface area contributed by atoms with Crippen LogP contribution in [0.5, 0.6) is 0 Å². The average molecular weight is 329 g/mol. The maximum Gasteiger partial charge on any atom is 0.0919 e. The minimum Gasteiger partial charge on any atom is -0.370 e. The van der Waals surface area contributed by atoms with Crippen LogP contribution in [0.2, 0.25) is 0 Å². The van der Waals surface area contributed by atoms with Gasteiger partial charge in [-0.2, -0.15) is 0 Å². The van der Waals surface area contributed by atoms with E-state index < -0.39 is 0 Å². The van der Waals surface area contributed by atoms with Crippen molar-refractivity contribution in [3.63, 3.8) is 0 Å². The number of allylic oxidation sites excluding steroid dienone is 1. The van der Waals surface area contributed by atoms with Crippen molar-refractivity contribution in [3.05, 3.63) is 12.2 Å². The molecule has 1 unspecified atom stereocenters. The molecule has 1 nitrogen and oxygen atoms in total. The van der Waals surface area contributed by atoms with E-state index in [9.17, 15) is 0 Å². The van der Waals surface area contributed by atoms with Crippen LogP contribution in [0.25, 0.3) is 0 Å². The summed E-state index contributed by atoms with van der Waals surface area (Å²) < 4.78 is 5.88. The molecule has 134 valence electrons. The van der Waals surface area contributed by atoms with Gasteiger partial charge in [-0.05, 0) is 105 Å². The predicted octanol–water partition coefficient (Wildman–Crippen LogP) is 5.99. The fraction of sp³-hybridized carbons (Fsp3) is 0.913. The van der Waals surface area contributed by atoms with E-state index in [1.807, 2.05) is 0 Å². The molecule has 5 aliphatic rings. The molecule has 0 bridgehead atoms. The second-order valence-electron chi connectivity index (χ2n) is 10.9.